The van der Waals surface area contributed by atoms with E-state index < -0.39 is 15.9 Å². The first-order valence-electron chi connectivity index (χ1n) is 8.26. The van der Waals surface area contributed by atoms with Crippen LogP contribution in [0.15, 0.2) is 66.9 Å². The van der Waals surface area contributed by atoms with Crippen molar-refractivity contribution in [2.75, 3.05) is 13.4 Å². The third-order valence-electron chi connectivity index (χ3n) is 3.75. The van der Waals surface area contributed by atoms with E-state index in [1.165, 1.54) is 13.2 Å². The smallest absolute Gasteiger partial charge is 0.264 e. The third kappa shape index (κ3) is 4.66. The summed E-state index contributed by atoms with van der Waals surface area (Å²) < 4.78 is 36.0. The fraction of sp³-hybridized carbons (Fsp3) is 0.100. The number of para-hydroxylation sites is 1. The Hall–Kier alpha value is -3.39. The van der Waals surface area contributed by atoms with E-state index >= 15 is 0 Å². The SMILES string of the molecule is COc1ncccc1-c1cc(C(=O)NS(C)(=O)=O)ccc1Oc1ccccc1. The molecule has 0 radical (unpaired) electrons. The lowest BCUT2D eigenvalue weighted by atomic mass is 10.0. The molecule has 8 heteroatoms. The molecule has 1 amide bonds. The Morgan fingerprint density at radius 2 is 1.75 bits per heavy atom. The van der Waals surface area contributed by atoms with Gasteiger partial charge in [0.05, 0.1) is 13.4 Å². The fourth-order valence-corrected chi connectivity index (χ4v) is 3.03. The number of nitrogens with zero attached hydrogens (tertiary/aromatic N) is 1. The molecule has 0 fully saturated rings. The minimum absolute atomic E-state index is 0.159. The topological polar surface area (TPSA) is 94.6 Å². The lowest BCUT2D eigenvalue weighted by Gasteiger charge is -2.15. The summed E-state index contributed by atoms with van der Waals surface area (Å²) in [6.45, 7) is 0. The summed E-state index contributed by atoms with van der Waals surface area (Å²) >= 11 is 0. The van der Waals surface area contributed by atoms with Gasteiger partial charge < -0.3 is 9.47 Å². The zero-order chi connectivity index (χ0) is 20.1. The van der Waals surface area contributed by atoms with Crippen molar-refractivity contribution in [1.82, 2.24) is 9.71 Å². The van der Waals surface area contributed by atoms with Gasteiger partial charge in [0, 0.05) is 22.9 Å². The number of hydrogen-bond donors (Lipinski definition) is 1. The highest BCUT2D eigenvalue weighted by atomic mass is 32.2. The Morgan fingerprint density at radius 1 is 1.00 bits per heavy atom. The zero-order valence-electron chi connectivity index (χ0n) is 15.2. The van der Waals surface area contributed by atoms with Gasteiger partial charge in [-0.05, 0) is 42.5 Å². The molecule has 0 saturated carbocycles. The summed E-state index contributed by atoms with van der Waals surface area (Å²) in [5.41, 5.74) is 1.30. The van der Waals surface area contributed by atoms with Gasteiger partial charge in [0.25, 0.3) is 5.91 Å². The van der Waals surface area contributed by atoms with E-state index in [-0.39, 0.29) is 5.56 Å². The summed E-state index contributed by atoms with van der Waals surface area (Å²) in [6, 6.07) is 17.3. The van der Waals surface area contributed by atoms with Crippen LogP contribution in [-0.4, -0.2) is 32.7 Å². The molecule has 1 N–H and O–H groups in total. The van der Waals surface area contributed by atoms with Crippen molar-refractivity contribution in [3.8, 4) is 28.5 Å². The number of benzene rings is 2. The van der Waals surface area contributed by atoms with Crippen molar-refractivity contribution in [2.45, 2.75) is 0 Å². The molecule has 0 aliphatic rings. The van der Waals surface area contributed by atoms with Gasteiger partial charge in [-0.2, -0.15) is 0 Å². The summed E-state index contributed by atoms with van der Waals surface area (Å²) in [5, 5.41) is 0. The predicted molar refractivity (Wildman–Crippen MR) is 105 cm³/mol. The Labute approximate surface area is 163 Å². The number of ether oxygens (including phenoxy) is 2. The van der Waals surface area contributed by atoms with Crippen LogP contribution >= 0.6 is 0 Å². The fourth-order valence-electron chi connectivity index (χ4n) is 2.57. The number of hydrogen-bond acceptors (Lipinski definition) is 6. The number of rotatable bonds is 6. The van der Waals surface area contributed by atoms with Crippen LogP contribution < -0.4 is 14.2 Å². The molecule has 144 valence electrons. The van der Waals surface area contributed by atoms with Gasteiger partial charge in [0.1, 0.15) is 11.5 Å². The number of nitrogens with one attached hydrogen (secondary N) is 1. The number of carbonyl (C=O) groups excluding carboxylic acids is 1. The number of methoxy groups -OCH3 is 1. The number of sulfonamides is 1. The largest absolute Gasteiger partial charge is 0.481 e. The normalized spacial score (nSPS) is 10.9. The van der Waals surface area contributed by atoms with Gasteiger partial charge >= 0.3 is 0 Å². The second-order valence-electron chi connectivity index (χ2n) is 5.89. The van der Waals surface area contributed by atoms with Crippen molar-refractivity contribution in [3.63, 3.8) is 0 Å². The highest BCUT2D eigenvalue weighted by Crippen LogP contribution is 2.38. The average Bonchev–Trinajstić information content (AvgIpc) is 2.67. The molecule has 7 nitrogen and oxygen atoms in total. The van der Waals surface area contributed by atoms with E-state index in [1.807, 2.05) is 22.9 Å². The molecule has 1 aromatic heterocycles. The van der Waals surface area contributed by atoms with Crippen LogP contribution in [0.2, 0.25) is 0 Å². The van der Waals surface area contributed by atoms with Crippen molar-refractivity contribution in [1.29, 1.82) is 0 Å². The molecule has 0 unspecified atom stereocenters. The van der Waals surface area contributed by atoms with Gasteiger partial charge in [-0.1, -0.05) is 18.2 Å². The van der Waals surface area contributed by atoms with Crippen molar-refractivity contribution in [2.24, 2.45) is 0 Å². The van der Waals surface area contributed by atoms with Gasteiger partial charge in [-0.25, -0.2) is 18.1 Å². The second-order valence-corrected chi connectivity index (χ2v) is 7.64. The number of aromatic nitrogens is 1. The molecule has 0 aliphatic heterocycles. The number of amides is 1. The molecule has 0 saturated heterocycles. The number of carbonyl (C=O) groups is 1. The van der Waals surface area contributed by atoms with Crippen LogP contribution in [0.25, 0.3) is 11.1 Å². The van der Waals surface area contributed by atoms with E-state index in [0.717, 1.165) is 6.26 Å². The Morgan fingerprint density at radius 3 is 2.43 bits per heavy atom. The van der Waals surface area contributed by atoms with Crippen LogP contribution in [-0.2, 0) is 10.0 Å². The van der Waals surface area contributed by atoms with Crippen molar-refractivity contribution >= 4 is 15.9 Å². The quantitative estimate of drug-likeness (QED) is 0.685. The molecule has 0 atom stereocenters. The maximum atomic E-state index is 12.3. The lowest BCUT2D eigenvalue weighted by molar-refractivity contribution is 0.0981. The molecular weight excluding hydrogens is 380 g/mol. The summed E-state index contributed by atoms with van der Waals surface area (Å²) in [4.78, 5) is 16.5. The van der Waals surface area contributed by atoms with Gasteiger partial charge in [-0.15, -0.1) is 0 Å². The minimum atomic E-state index is -3.69. The van der Waals surface area contributed by atoms with Gasteiger partial charge in [0.2, 0.25) is 15.9 Å². The van der Waals surface area contributed by atoms with E-state index in [0.29, 0.717) is 28.5 Å². The van der Waals surface area contributed by atoms with E-state index in [1.54, 1.807) is 42.6 Å². The standard InChI is InChI=1S/C20H18N2O5S/c1-26-20-16(9-6-12-21-20)17-13-14(19(23)22-28(2,24)25)10-11-18(17)27-15-7-4-3-5-8-15/h3-13H,1-2H3,(H,22,23). The van der Waals surface area contributed by atoms with Crippen LogP contribution in [0.5, 0.6) is 17.4 Å². The molecule has 0 aliphatic carbocycles. The van der Waals surface area contributed by atoms with Crippen molar-refractivity contribution in [3.05, 3.63) is 72.4 Å². The van der Waals surface area contributed by atoms with Gasteiger partial charge in [-0.3, -0.25) is 4.79 Å². The highest BCUT2D eigenvalue weighted by molar-refractivity contribution is 7.89. The highest BCUT2D eigenvalue weighted by Gasteiger charge is 2.18. The molecule has 28 heavy (non-hydrogen) atoms. The van der Waals surface area contributed by atoms with Gasteiger partial charge in [0.15, 0.2) is 0 Å². The molecule has 0 bridgehead atoms. The molecular formula is C20H18N2O5S. The molecule has 3 rings (SSSR count). The molecule has 0 spiro atoms. The Bertz CT molecular complexity index is 1100. The summed E-state index contributed by atoms with van der Waals surface area (Å²) in [6.07, 6.45) is 2.50. The average molecular weight is 398 g/mol. The zero-order valence-corrected chi connectivity index (χ0v) is 16.1. The molecule has 3 aromatic rings. The second kappa shape index (κ2) is 8.10. The summed E-state index contributed by atoms with van der Waals surface area (Å²) in [7, 11) is -2.20. The van der Waals surface area contributed by atoms with E-state index in [9.17, 15) is 13.2 Å². The van der Waals surface area contributed by atoms with Crippen LogP contribution in [0.4, 0.5) is 0 Å². The minimum Gasteiger partial charge on any atom is -0.481 e. The molecule has 2 aromatic carbocycles. The first-order valence-corrected chi connectivity index (χ1v) is 10.1. The Kier molecular flexibility index (Phi) is 5.60. The maximum Gasteiger partial charge on any atom is 0.264 e. The van der Waals surface area contributed by atoms with E-state index in [2.05, 4.69) is 4.98 Å². The Balaban J connectivity index is 2.10. The van der Waals surface area contributed by atoms with Crippen molar-refractivity contribution < 1.29 is 22.7 Å². The van der Waals surface area contributed by atoms with Crippen LogP contribution in [0.3, 0.4) is 0 Å². The van der Waals surface area contributed by atoms with Crippen LogP contribution in [0.1, 0.15) is 10.4 Å². The third-order valence-corrected chi connectivity index (χ3v) is 4.30. The lowest BCUT2D eigenvalue weighted by Crippen LogP contribution is -2.29. The molecule has 1 heterocycles. The first-order chi connectivity index (χ1) is 13.4. The summed E-state index contributed by atoms with van der Waals surface area (Å²) in [5.74, 6) is 0.687. The van der Waals surface area contributed by atoms with Crippen LogP contribution in [0, 0.1) is 0 Å². The first kappa shape index (κ1) is 19.4. The number of pyridine rings is 1. The monoisotopic (exact) mass is 398 g/mol. The maximum absolute atomic E-state index is 12.3. The predicted octanol–water partition coefficient (Wildman–Crippen LogP) is 3.24. The van der Waals surface area contributed by atoms with E-state index in [4.69, 9.17) is 9.47 Å².